The SMILES string of the molecule is CCCCC(=O)Nc1ccc(NC(=S)NC(=O)c2ccc(N3CCCCC3)c([N+](=O)[O-])c2)cc1OC. The smallest absolute Gasteiger partial charge is 0.293 e. The second kappa shape index (κ2) is 12.8. The molecular formula is C25H31N5O5S. The molecule has 0 spiro atoms. The largest absolute Gasteiger partial charge is 0.494 e. The number of thiocarbonyl (C=S) groups is 1. The number of unbranched alkanes of at least 4 members (excludes halogenated alkanes) is 1. The fourth-order valence-electron chi connectivity index (χ4n) is 3.97. The van der Waals surface area contributed by atoms with Gasteiger partial charge in [-0.1, -0.05) is 13.3 Å². The Hall–Kier alpha value is -3.73. The minimum atomic E-state index is -0.562. The average molecular weight is 514 g/mol. The number of hydrogen-bond donors (Lipinski definition) is 3. The van der Waals surface area contributed by atoms with Gasteiger partial charge in [0.25, 0.3) is 11.6 Å². The Bertz CT molecular complexity index is 1130. The number of rotatable bonds is 9. The molecule has 1 aliphatic heterocycles. The van der Waals surface area contributed by atoms with Gasteiger partial charge in [-0.15, -0.1) is 0 Å². The number of nitrogens with zero attached hydrogens (tertiary/aromatic N) is 2. The molecule has 192 valence electrons. The summed E-state index contributed by atoms with van der Waals surface area (Å²) in [5.41, 5.74) is 1.61. The molecule has 0 unspecified atom stereocenters. The molecule has 3 rings (SSSR count). The summed E-state index contributed by atoms with van der Waals surface area (Å²) >= 11 is 5.26. The summed E-state index contributed by atoms with van der Waals surface area (Å²) in [6.07, 6.45) is 5.22. The average Bonchev–Trinajstić information content (AvgIpc) is 2.88. The lowest BCUT2D eigenvalue weighted by Crippen LogP contribution is -2.34. The molecule has 3 N–H and O–H groups in total. The summed E-state index contributed by atoms with van der Waals surface area (Å²) in [6.45, 7) is 3.53. The zero-order valence-electron chi connectivity index (χ0n) is 20.5. The summed E-state index contributed by atoms with van der Waals surface area (Å²) < 4.78 is 5.37. The minimum Gasteiger partial charge on any atom is -0.494 e. The van der Waals surface area contributed by atoms with Crippen molar-refractivity contribution in [3.05, 3.63) is 52.1 Å². The molecule has 0 aliphatic carbocycles. The first-order valence-corrected chi connectivity index (χ1v) is 12.4. The summed E-state index contributed by atoms with van der Waals surface area (Å²) in [5.74, 6) is -0.227. The van der Waals surface area contributed by atoms with Gasteiger partial charge >= 0.3 is 0 Å². The van der Waals surface area contributed by atoms with Gasteiger partial charge in [0.1, 0.15) is 11.4 Å². The van der Waals surface area contributed by atoms with Gasteiger partial charge in [-0.25, -0.2) is 0 Å². The molecule has 0 saturated carbocycles. The van der Waals surface area contributed by atoms with Crippen LogP contribution in [0.2, 0.25) is 0 Å². The van der Waals surface area contributed by atoms with Gasteiger partial charge in [-0.05, 0) is 62.2 Å². The molecule has 36 heavy (non-hydrogen) atoms. The van der Waals surface area contributed by atoms with Crippen LogP contribution >= 0.6 is 12.2 Å². The Morgan fingerprint density at radius 1 is 1.11 bits per heavy atom. The van der Waals surface area contributed by atoms with Crippen molar-refractivity contribution in [1.82, 2.24) is 5.32 Å². The lowest BCUT2D eigenvalue weighted by Gasteiger charge is -2.28. The summed E-state index contributed by atoms with van der Waals surface area (Å²) in [5, 5.41) is 20.0. The molecule has 1 fully saturated rings. The van der Waals surface area contributed by atoms with Gasteiger partial charge in [0.2, 0.25) is 5.91 Å². The number of ether oxygens (including phenoxy) is 1. The van der Waals surface area contributed by atoms with Crippen LogP contribution in [-0.2, 0) is 4.79 Å². The molecule has 0 radical (unpaired) electrons. The van der Waals surface area contributed by atoms with Crippen molar-refractivity contribution in [3.8, 4) is 5.75 Å². The standard InChI is InChI=1S/C25H31N5O5S/c1-3-4-8-23(31)27-19-11-10-18(16-22(19)35-2)26-25(36)28-24(32)17-9-12-20(21(15-17)30(33)34)29-13-6-5-7-14-29/h9-12,15-16H,3-8,13-14H2,1-2H3,(H,27,31)(H2,26,28,32,36). The number of nitrogens with one attached hydrogen (secondary N) is 3. The fourth-order valence-corrected chi connectivity index (χ4v) is 4.18. The molecule has 0 atom stereocenters. The predicted molar refractivity (Wildman–Crippen MR) is 144 cm³/mol. The molecule has 10 nitrogen and oxygen atoms in total. The van der Waals surface area contributed by atoms with Crippen molar-refractivity contribution in [2.24, 2.45) is 0 Å². The summed E-state index contributed by atoms with van der Waals surface area (Å²) in [6, 6.07) is 9.47. The van der Waals surface area contributed by atoms with E-state index in [1.54, 1.807) is 30.3 Å². The van der Waals surface area contributed by atoms with Crippen LogP contribution in [0.1, 0.15) is 55.8 Å². The van der Waals surface area contributed by atoms with E-state index in [9.17, 15) is 19.7 Å². The van der Waals surface area contributed by atoms with Crippen molar-refractivity contribution in [2.75, 3.05) is 35.7 Å². The number of carbonyl (C=O) groups excluding carboxylic acids is 2. The Kier molecular flexibility index (Phi) is 9.57. The Labute approximate surface area is 215 Å². The molecule has 11 heteroatoms. The highest BCUT2D eigenvalue weighted by Gasteiger charge is 2.23. The van der Waals surface area contributed by atoms with E-state index in [1.807, 2.05) is 11.8 Å². The molecule has 1 aliphatic rings. The van der Waals surface area contributed by atoms with Crippen molar-refractivity contribution in [2.45, 2.75) is 45.4 Å². The minimum absolute atomic E-state index is 0.0181. The number of piperidine rings is 1. The number of hydrogen-bond acceptors (Lipinski definition) is 7. The first-order valence-electron chi connectivity index (χ1n) is 12.0. The third-order valence-electron chi connectivity index (χ3n) is 5.85. The molecule has 2 amide bonds. The molecule has 0 bridgehead atoms. The van der Waals surface area contributed by atoms with Gasteiger partial charge in [0.15, 0.2) is 5.11 Å². The van der Waals surface area contributed by atoms with Crippen molar-refractivity contribution in [1.29, 1.82) is 0 Å². The first-order chi connectivity index (χ1) is 17.3. The third kappa shape index (κ3) is 7.14. The number of methoxy groups -OCH3 is 1. The van der Waals surface area contributed by atoms with Crippen LogP contribution in [0.25, 0.3) is 0 Å². The maximum atomic E-state index is 12.7. The highest BCUT2D eigenvalue weighted by molar-refractivity contribution is 7.80. The zero-order chi connectivity index (χ0) is 26.1. The fraction of sp³-hybridized carbons (Fsp3) is 0.400. The Morgan fingerprint density at radius 3 is 2.53 bits per heavy atom. The number of amides is 2. The van der Waals surface area contributed by atoms with Gasteiger partial charge in [0, 0.05) is 42.9 Å². The maximum Gasteiger partial charge on any atom is 0.293 e. The lowest BCUT2D eigenvalue weighted by atomic mass is 10.1. The molecular weight excluding hydrogens is 482 g/mol. The van der Waals surface area contributed by atoms with Gasteiger partial charge in [-0.3, -0.25) is 25.0 Å². The highest BCUT2D eigenvalue weighted by Crippen LogP contribution is 2.31. The Morgan fingerprint density at radius 2 is 1.86 bits per heavy atom. The number of nitro groups is 1. The van der Waals surface area contributed by atoms with E-state index in [4.69, 9.17) is 17.0 Å². The van der Waals surface area contributed by atoms with E-state index >= 15 is 0 Å². The topological polar surface area (TPSA) is 126 Å². The van der Waals surface area contributed by atoms with Crippen LogP contribution in [-0.4, -0.2) is 42.0 Å². The van der Waals surface area contributed by atoms with E-state index < -0.39 is 10.8 Å². The number of nitro benzene ring substituents is 1. The van der Waals surface area contributed by atoms with Crippen LogP contribution in [0.4, 0.5) is 22.7 Å². The summed E-state index contributed by atoms with van der Waals surface area (Å²) in [7, 11) is 1.49. The van der Waals surface area contributed by atoms with Crippen molar-refractivity contribution < 1.29 is 19.2 Å². The van der Waals surface area contributed by atoms with E-state index in [-0.39, 0.29) is 22.3 Å². The predicted octanol–water partition coefficient (Wildman–Crippen LogP) is 4.85. The van der Waals surface area contributed by atoms with E-state index in [0.29, 0.717) is 29.2 Å². The third-order valence-corrected chi connectivity index (χ3v) is 6.05. The first kappa shape index (κ1) is 26.9. The second-order valence-electron chi connectivity index (χ2n) is 8.48. The van der Waals surface area contributed by atoms with Crippen LogP contribution in [0, 0.1) is 10.1 Å². The molecule has 2 aromatic rings. The van der Waals surface area contributed by atoms with Crippen LogP contribution < -0.4 is 25.6 Å². The van der Waals surface area contributed by atoms with Gasteiger partial charge in [0.05, 0.1) is 17.7 Å². The maximum absolute atomic E-state index is 12.7. The van der Waals surface area contributed by atoms with E-state index in [0.717, 1.165) is 45.2 Å². The zero-order valence-corrected chi connectivity index (χ0v) is 21.3. The Balaban J connectivity index is 1.66. The van der Waals surface area contributed by atoms with E-state index in [1.165, 1.54) is 13.2 Å². The number of anilines is 3. The monoisotopic (exact) mass is 513 g/mol. The molecule has 1 heterocycles. The number of carbonyl (C=O) groups is 2. The van der Waals surface area contributed by atoms with Crippen molar-refractivity contribution in [3.63, 3.8) is 0 Å². The van der Waals surface area contributed by atoms with Crippen LogP contribution in [0.3, 0.4) is 0 Å². The van der Waals surface area contributed by atoms with Crippen LogP contribution in [0.15, 0.2) is 36.4 Å². The normalized spacial score (nSPS) is 13.0. The number of benzene rings is 2. The van der Waals surface area contributed by atoms with Crippen LogP contribution in [0.5, 0.6) is 5.75 Å². The van der Waals surface area contributed by atoms with E-state index in [2.05, 4.69) is 16.0 Å². The van der Waals surface area contributed by atoms with Gasteiger partial charge < -0.3 is 20.3 Å². The highest BCUT2D eigenvalue weighted by atomic mass is 32.1. The van der Waals surface area contributed by atoms with Gasteiger partial charge in [-0.2, -0.15) is 0 Å². The summed E-state index contributed by atoms with van der Waals surface area (Å²) in [4.78, 5) is 38.0. The lowest BCUT2D eigenvalue weighted by molar-refractivity contribution is -0.384. The quantitative estimate of drug-likeness (QED) is 0.247. The second-order valence-corrected chi connectivity index (χ2v) is 8.89. The van der Waals surface area contributed by atoms with Crippen molar-refractivity contribution >= 4 is 51.9 Å². The molecule has 2 aromatic carbocycles. The molecule has 1 saturated heterocycles. The molecule has 0 aromatic heterocycles.